The molecule has 3 atom stereocenters. The third-order valence-corrected chi connectivity index (χ3v) is 10.0. The molecule has 3 aromatic rings. The lowest BCUT2D eigenvalue weighted by molar-refractivity contribution is 0.0137. The topological polar surface area (TPSA) is 18.5 Å². The van der Waals surface area contributed by atoms with Crippen LogP contribution in [0.15, 0.2) is 91.5 Å². The third-order valence-electron chi connectivity index (χ3n) is 10.0. The van der Waals surface area contributed by atoms with Crippen LogP contribution in [-0.2, 0) is 11.8 Å². The number of hydrogen-bond acceptors (Lipinski definition) is 2. The van der Waals surface area contributed by atoms with Gasteiger partial charge in [-0.15, -0.1) is 6.58 Å². The zero-order valence-electron chi connectivity index (χ0n) is 26.8. The van der Waals surface area contributed by atoms with Crippen LogP contribution in [0.25, 0.3) is 0 Å². The van der Waals surface area contributed by atoms with Gasteiger partial charge in [-0.05, 0) is 89.8 Å². The Bertz CT molecular complexity index is 1180. The molecule has 0 saturated carbocycles. The molecule has 2 heteroatoms. The smallest absolute Gasteiger partial charge is 0.118 e. The van der Waals surface area contributed by atoms with Crippen molar-refractivity contribution in [1.82, 2.24) is 0 Å². The summed E-state index contributed by atoms with van der Waals surface area (Å²) in [6, 6.07) is 28.5. The molecule has 3 aromatic carbocycles. The maximum absolute atomic E-state index is 5.59. The first-order valence-corrected chi connectivity index (χ1v) is 15.7. The molecule has 222 valence electrons. The quantitative estimate of drug-likeness (QED) is 0.154. The predicted octanol–water partition coefficient (Wildman–Crippen LogP) is 10.8. The molecule has 0 N–H and O–H groups in total. The number of allylic oxidation sites excluding steroid dienone is 1. The molecule has 41 heavy (non-hydrogen) atoms. The summed E-state index contributed by atoms with van der Waals surface area (Å²) in [6.45, 7) is 16.7. The number of benzene rings is 3. The highest BCUT2D eigenvalue weighted by molar-refractivity contribution is 5.46. The van der Waals surface area contributed by atoms with E-state index in [2.05, 4.69) is 126 Å². The number of unbranched alkanes of at least 4 members (excludes halogenated alkanes) is 1. The Balaban J connectivity index is 2.26. The second-order valence-electron chi connectivity index (χ2n) is 12.5. The van der Waals surface area contributed by atoms with Gasteiger partial charge >= 0.3 is 0 Å². The minimum absolute atomic E-state index is 0.123. The summed E-state index contributed by atoms with van der Waals surface area (Å²) < 4.78 is 11.1. The van der Waals surface area contributed by atoms with Crippen molar-refractivity contribution in [1.29, 1.82) is 0 Å². The minimum atomic E-state index is -0.308. The normalized spacial score (nSPS) is 15.4. The fourth-order valence-electron chi connectivity index (χ4n) is 7.47. The van der Waals surface area contributed by atoms with Crippen molar-refractivity contribution < 1.29 is 9.47 Å². The molecule has 0 aliphatic heterocycles. The van der Waals surface area contributed by atoms with Gasteiger partial charge in [0.2, 0.25) is 0 Å². The summed E-state index contributed by atoms with van der Waals surface area (Å²) in [5.74, 6) is 1.97. The van der Waals surface area contributed by atoms with Gasteiger partial charge in [0.1, 0.15) is 11.5 Å². The average Bonchev–Trinajstić information content (AvgIpc) is 3.01. The van der Waals surface area contributed by atoms with Crippen LogP contribution in [0.5, 0.6) is 11.5 Å². The van der Waals surface area contributed by atoms with Crippen molar-refractivity contribution in [2.45, 2.75) is 91.4 Å². The van der Waals surface area contributed by atoms with Crippen LogP contribution < -0.4 is 9.47 Å². The van der Waals surface area contributed by atoms with E-state index in [1.807, 2.05) is 0 Å². The fourth-order valence-corrected chi connectivity index (χ4v) is 7.47. The first kappa shape index (κ1) is 32.5. The van der Waals surface area contributed by atoms with Crippen molar-refractivity contribution in [3.8, 4) is 11.5 Å². The largest absolute Gasteiger partial charge is 0.497 e. The zero-order valence-corrected chi connectivity index (χ0v) is 26.8. The number of hydrogen-bond donors (Lipinski definition) is 0. The molecule has 0 fully saturated rings. The molecule has 3 unspecified atom stereocenters. The van der Waals surface area contributed by atoms with Crippen LogP contribution in [0.3, 0.4) is 0 Å². The van der Waals surface area contributed by atoms with Gasteiger partial charge in [-0.2, -0.15) is 0 Å². The lowest BCUT2D eigenvalue weighted by Crippen LogP contribution is -2.45. The molecule has 0 aliphatic rings. The van der Waals surface area contributed by atoms with Crippen LogP contribution in [-0.4, -0.2) is 14.2 Å². The highest BCUT2D eigenvalue weighted by Crippen LogP contribution is 2.56. The first-order chi connectivity index (χ1) is 19.8. The van der Waals surface area contributed by atoms with Crippen LogP contribution >= 0.6 is 0 Å². The van der Waals surface area contributed by atoms with E-state index in [9.17, 15) is 0 Å². The summed E-state index contributed by atoms with van der Waals surface area (Å²) in [5, 5.41) is 0. The molecule has 2 nitrogen and oxygen atoms in total. The second kappa shape index (κ2) is 14.8. The minimum Gasteiger partial charge on any atom is -0.497 e. The van der Waals surface area contributed by atoms with Crippen molar-refractivity contribution >= 4 is 0 Å². The molecule has 0 aromatic heterocycles. The van der Waals surface area contributed by atoms with Crippen molar-refractivity contribution in [2.24, 2.45) is 16.7 Å². The van der Waals surface area contributed by atoms with E-state index in [0.717, 1.165) is 24.3 Å². The van der Waals surface area contributed by atoms with E-state index in [0.29, 0.717) is 5.41 Å². The third kappa shape index (κ3) is 7.08. The number of rotatable bonds is 17. The van der Waals surface area contributed by atoms with E-state index in [1.54, 1.807) is 14.2 Å². The highest BCUT2D eigenvalue weighted by atomic mass is 16.5. The van der Waals surface area contributed by atoms with E-state index in [4.69, 9.17) is 9.47 Å². The molecular formula is C39H54O2. The van der Waals surface area contributed by atoms with Gasteiger partial charge in [0.25, 0.3) is 0 Å². The van der Waals surface area contributed by atoms with Gasteiger partial charge in [-0.3, -0.25) is 0 Å². The second-order valence-corrected chi connectivity index (χ2v) is 12.5. The van der Waals surface area contributed by atoms with Gasteiger partial charge in [-0.25, -0.2) is 0 Å². The lowest BCUT2D eigenvalue weighted by atomic mass is 9.52. The van der Waals surface area contributed by atoms with E-state index >= 15 is 0 Å². The van der Waals surface area contributed by atoms with E-state index < -0.39 is 0 Å². The molecule has 0 aliphatic carbocycles. The molecule has 0 spiro atoms. The Kier molecular flexibility index (Phi) is 11.7. The van der Waals surface area contributed by atoms with Crippen LogP contribution in [0.2, 0.25) is 0 Å². The summed E-state index contributed by atoms with van der Waals surface area (Å²) >= 11 is 0. The summed E-state index contributed by atoms with van der Waals surface area (Å²) in [7, 11) is 3.46. The Morgan fingerprint density at radius 2 is 1.29 bits per heavy atom. The zero-order chi connectivity index (χ0) is 29.9. The van der Waals surface area contributed by atoms with E-state index in [1.165, 1.54) is 55.2 Å². The molecule has 3 rings (SSSR count). The maximum Gasteiger partial charge on any atom is 0.118 e. The van der Waals surface area contributed by atoms with Gasteiger partial charge in [0, 0.05) is 5.41 Å². The molecule has 0 radical (unpaired) electrons. The Labute approximate surface area is 251 Å². The Morgan fingerprint density at radius 1 is 0.732 bits per heavy atom. The summed E-state index contributed by atoms with van der Waals surface area (Å²) in [5.41, 5.74) is 4.02. The molecule has 0 amide bonds. The fraction of sp³-hybridized carbons (Fsp3) is 0.487. The van der Waals surface area contributed by atoms with Crippen LogP contribution in [0.1, 0.15) is 96.3 Å². The number of ether oxygens (including phenoxy) is 2. The monoisotopic (exact) mass is 554 g/mol. The van der Waals surface area contributed by atoms with Gasteiger partial charge < -0.3 is 9.47 Å². The van der Waals surface area contributed by atoms with Crippen LogP contribution in [0.4, 0.5) is 0 Å². The lowest BCUT2D eigenvalue weighted by Gasteiger charge is -2.52. The predicted molar refractivity (Wildman–Crippen MR) is 176 cm³/mol. The van der Waals surface area contributed by atoms with Gasteiger partial charge in [-0.1, -0.05) is 115 Å². The standard InChI is InChI=1S/C39H54O2/c1-9-13-28-38(12-4,27-10-2)37(5,6)30-32(11-3)39(33-17-15-14-16-18-33,34-21-25-36(41-8)26-22-34)29-31-19-23-35(40-7)24-20-31/h11,14-26,32H,3,9-10,12-13,27-30H2,1-2,4-8H3. The van der Waals surface area contributed by atoms with Crippen molar-refractivity contribution in [3.63, 3.8) is 0 Å². The molecule has 0 heterocycles. The van der Waals surface area contributed by atoms with Crippen molar-refractivity contribution in [3.05, 3.63) is 108 Å². The maximum atomic E-state index is 5.59. The molecule has 0 bridgehead atoms. The summed E-state index contributed by atoms with van der Waals surface area (Å²) in [4.78, 5) is 0. The Morgan fingerprint density at radius 3 is 1.78 bits per heavy atom. The SMILES string of the molecule is C=CC(CC(C)(C)C(CC)(CCC)CCCC)C(Cc1ccc(OC)cc1)(c1ccccc1)c1ccc(OC)cc1. The molecular weight excluding hydrogens is 500 g/mol. The van der Waals surface area contributed by atoms with Crippen molar-refractivity contribution in [2.75, 3.05) is 14.2 Å². The van der Waals surface area contributed by atoms with Gasteiger partial charge in [0.15, 0.2) is 0 Å². The Hall–Kier alpha value is -3.00. The van der Waals surface area contributed by atoms with Gasteiger partial charge in [0.05, 0.1) is 14.2 Å². The van der Waals surface area contributed by atoms with E-state index in [-0.39, 0.29) is 16.7 Å². The molecule has 0 saturated heterocycles. The van der Waals surface area contributed by atoms with Crippen LogP contribution in [0, 0.1) is 16.7 Å². The number of methoxy groups -OCH3 is 2. The highest BCUT2D eigenvalue weighted by Gasteiger charge is 2.48. The summed E-state index contributed by atoms with van der Waals surface area (Å²) in [6.07, 6.45) is 11.7. The first-order valence-electron chi connectivity index (χ1n) is 15.7. The average molecular weight is 555 g/mol.